The maximum Gasteiger partial charge on any atom is 0.416 e. The van der Waals surface area contributed by atoms with Crippen LogP contribution in [0.25, 0.3) is 21.3 Å². The molecule has 0 bridgehead atoms. The first-order chi connectivity index (χ1) is 12.5. The average molecular weight is 370 g/mol. The second-order valence-corrected chi connectivity index (χ2v) is 6.72. The zero-order valence-electron chi connectivity index (χ0n) is 13.4. The number of benzene rings is 2. The van der Waals surface area contributed by atoms with E-state index in [2.05, 4.69) is 10.3 Å². The van der Waals surface area contributed by atoms with Crippen molar-refractivity contribution in [2.75, 3.05) is 5.32 Å². The van der Waals surface area contributed by atoms with Gasteiger partial charge in [0.25, 0.3) is 0 Å². The Morgan fingerprint density at radius 3 is 2.58 bits per heavy atom. The van der Waals surface area contributed by atoms with Crippen LogP contribution in [0.1, 0.15) is 5.56 Å². The fourth-order valence-electron chi connectivity index (χ4n) is 2.78. The van der Waals surface area contributed by atoms with Crippen LogP contribution in [0.3, 0.4) is 0 Å². The summed E-state index contributed by atoms with van der Waals surface area (Å²) in [7, 11) is 0. The van der Waals surface area contributed by atoms with E-state index < -0.39 is 11.7 Å². The van der Waals surface area contributed by atoms with Gasteiger partial charge in [-0.1, -0.05) is 18.2 Å². The van der Waals surface area contributed by atoms with E-state index in [9.17, 15) is 13.2 Å². The topological polar surface area (TPSA) is 24.9 Å². The van der Waals surface area contributed by atoms with E-state index in [0.717, 1.165) is 33.5 Å². The number of halogens is 3. The molecule has 0 saturated heterocycles. The lowest BCUT2D eigenvalue weighted by Gasteiger charge is -2.13. The van der Waals surface area contributed by atoms with Gasteiger partial charge in [-0.25, -0.2) is 0 Å². The highest BCUT2D eigenvalue weighted by atomic mass is 32.1. The summed E-state index contributed by atoms with van der Waals surface area (Å²) in [5, 5.41) is 5.96. The molecule has 0 spiro atoms. The summed E-state index contributed by atoms with van der Waals surface area (Å²) >= 11 is 1.63. The maximum absolute atomic E-state index is 12.9. The van der Waals surface area contributed by atoms with Crippen molar-refractivity contribution in [2.24, 2.45) is 0 Å². The lowest BCUT2D eigenvalue weighted by molar-refractivity contribution is -0.137. The molecule has 130 valence electrons. The third-order valence-corrected chi connectivity index (χ3v) is 4.94. The molecule has 1 N–H and O–H groups in total. The fraction of sp³-hybridized carbons (Fsp3) is 0.0500. The van der Waals surface area contributed by atoms with Gasteiger partial charge < -0.3 is 5.32 Å². The molecule has 4 aromatic rings. The summed E-state index contributed by atoms with van der Waals surface area (Å²) in [6.07, 6.45) is -2.73. The quantitative estimate of drug-likeness (QED) is 0.433. The first kappa shape index (κ1) is 16.6. The summed E-state index contributed by atoms with van der Waals surface area (Å²) in [5.41, 5.74) is 2.25. The number of pyridine rings is 1. The molecule has 0 fully saturated rings. The van der Waals surface area contributed by atoms with Gasteiger partial charge in [-0.3, -0.25) is 4.98 Å². The van der Waals surface area contributed by atoms with Crippen LogP contribution < -0.4 is 5.32 Å². The van der Waals surface area contributed by atoms with Crippen molar-refractivity contribution in [3.63, 3.8) is 0 Å². The Hall–Kier alpha value is -2.86. The number of hydrogen-bond acceptors (Lipinski definition) is 3. The van der Waals surface area contributed by atoms with Crippen LogP contribution in [-0.2, 0) is 6.18 Å². The first-order valence-corrected chi connectivity index (χ1v) is 8.75. The van der Waals surface area contributed by atoms with E-state index in [1.54, 1.807) is 29.7 Å². The third-order valence-electron chi connectivity index (χ3n) is 4.02. The number of thiophene rings is 1. The number of nitrogens with zero attached hydrogens (tertiary/aromatic N) is 1. The fourth-order valence-corrected chi connectivity index (χ4v) is 3.50. The SMILES string of the molecule is FC(F)(F)c1cccc(Nc2ccnc3ccc(-c4cccs4)cc23)c1. The Balaban J connectivity index is 1.76. The molecule has 0 unspecified atom stereocenters. The van der Waals surface area contributed by atoms with Crippen LogP contribution in [0.5, 0.6) is 0 Å². The molecule has 0 saturated carbocycles. The van der Waals surface area contributed by atoms with Gasteiger partial charge in [0.2, 0.25) is 0 Å². The standard InChI is InChI=1S/C20H13F3N2S/c21-20(22,23)14-3-1-4-15(12-14)25-18-8-9-24-17-7-6-13(11-16(17)18)19-5-2-10-26-19/h1-12H,(H,24,25). The Labute approximate surface area is 151 Å². The van der Waals surface area contributed by atoms with Gasteiger partial charge in [-0.05, 0) is 53.4 Å². The zero-order valence-corrected chi connectivity index (χ0v) is 14.2. The second-order valence-electron chi connectivity index (χ2n) is 5.77. The van der Waals surface area contributed by atoms with Crippen LogP contribution in [0.2, 0.25) is 0 Å². The van der Waals surface area contributed by atoms with E-state index in [0.29, 0.717) is 11.4 Å². The Morgan fingerprint density at radius 2 is 1.81 bits per heavy atom. The molecule has 0 aliphatic heterocycles. The van der Waals surface area contributed by atoms with E-state index in [4.69, 9.17) is 0 Å². The predicted molar refractivity (Wildman–Crippen MR) is 99.8 cm³/mol. The van der Waals surface area contributed by atoms with Gasteiger partial charge in [0.15, 0.2) is 0 Å². The predicted octanol–water partition coefficient (Wildman–Crippen LogP) is 6.73. The smallest absolute Gasteiger partial charge is 0.355 e. The molecular weight excluding hydrogens is 357 g/mol. The minimum Gasteiger partial charge on any atom is -0.355 e. The highest BCUT2D eigenvalue weighted by Gasteiger charge is 2.30. The number of rotatable bonds is 3. The van der Waals surface area contributed by atoms with Crippen LogP contribution >= 0.6 is 11.3 Å². The molecule has 0 radical (unpaired) electrons. The van der Waals surface area contributed by atoms with Crippen molar-refractivity contribution in [1.82, 2.24) is 4.98 Å². The number of aromatic nitrogens is 1. The highest BCUT2D eigenvalue weighted by molar-refractivity contribution is 7.13. The largest absolute Gasteiger partial charge is 0.416 e. The van der Waals surface area contributed by atoms with Crippen LogP contribution in [-0.4, -0.2) is 4.98 Å². The number of anilines is 2. The molecule has 2 aromatic heterocycles. The molecule has 6 heteroatoms. The van der Waals surface area contributed by atoms with Crippen molar-refractivity contribution in [2.45, 2.75) is 6.18 Å². The molecule has 0 aliphatic carbocycles. The van der Waals surface area contributed by atoms with Crippen molar-refractivity contribution < 1.29 is 13.2 Å². The van der Waals surface area contributed by atoms with E-state index >= 15 is 0 Å². The highest BCUT2D eigenvalue weighted by Crippen LogP contribution is 2.34. The Morgan fingerprint density at radius 1 is 0.923 bits per heavy atom. The normalized spacial score (nSPS) is 11.7. The third kappa shape index (κ3) is 3.28. The van der Waals surface area contributed by atoms with Gasteiger partial charge in [0.1, 0.15) is 0 Å². The minimum atomic E-state index is -4.37. The molecule has 2 heterocycles. The van der Waals surface area contributed by atoms with Gasteiger partial charge in [-0.2, -0.15) is 13.2 Å². The van der Waals surface area contributed by atoms with E-state index in [1.165, 1.54) is 6.07 Å². The van der Waals surface area contributed by atoms with Gasteiger partial charge in [0, 0.05) is 27.8 Å². The molecule has 2 aromatic carbocycles. The van der Waals surface area contributed by atoms with E-state index in [-0.39, 0.29) is 0 Å². The molecule has 0 amide bonds. The summed E-state index contributed by atoms with van der Waals surface area (Å²) in [6.45, 7) is 0. The van der Waals surface area contributed by atoms with Crippen molar-refractivity contribution >= 4 is 33.6 Å². The van der Waals surface area contributed by atoms with Crippen molar-refractivity contribution in [3.8, 4) is 10.4 Å². The van der Waals surface area contributed by atoms with Gasteiger partial charge >= 0.3 is 6.18 Å². The molecule has 4 rings (SSSR count). The number of hydrogen-bond donors (Lipinski definition) is 1. The van der Waals surface area contributed by atoms with E-state index in [1.807, 2.05) is 35.7 Å². The lowest BCUT2D eigenvalue weighted by atomic mass is 10.1. The summed E-state index contributed by atoms with van der Waals surface area (Å²) in [5.74, 6) is 0. The number of nitrogens with one attached hydrogen (secondary N) is 1. The zero-order chi connectivity index (χ0) is 18.1. The average Bonchev–Trinajstić information content (AvgIpc) is 3.16. The van der Waals surface area contributed by atoms with Gasteiger partial charge in [0.05, 0.1) is 11.1 Å². The van der Waals surface area contributed by atoms with Crippen LogP contribution in [0, 0.1) is 0 Å². The van der Waals surface area contributed by atoms with Crippen LogP contribution in [0.15, 0.2) is 72.2 Å². The van der Waals surface area contributed by atoms with Crippen LogP contribution in [0.4, 0.5) is 24.5 Å². The number of fused-ring (bicyclic) bond motifs is 1. The molecule has 26 heavy (non-hydrogen) atoms. The minimum absolute atomic E-state index is 0.383. The summed E-state index contributed by atoms with van der Waals surface area (Å²) in [4.78, 5) is 5.47. The Kier molecular flexibility index (Phi) is 4.12. The van der Waals surface area contributed by atoms with Crippen molar-refractivity contribution in [1.29, 1.82) is 0 Å². The monoisotopic (exact) mass is 370 g/mol. The lowest BCUT2D eigenvalue weighted by Crippen LogP contribution is -2.05. The molecule has 2 nitrogen and oxygen atoms in total. The molecule has 0 aliphatic rings. The maximum atomic E-state index is 12.9. The van der Waals surface area contributed by atoms with Crippen molar-refractivity contribution in [3.05, 3.63) is 77.8 Å². The summed E-state index contributed by atoms with van der Waals surface area (Å²) in [6, 6.07) is 16.9. The second kappa shape index (κ2) is 6.46. The first-order valence-electron chi connectivity index (χ1n) is 7.88. The molecular formula is C20H13F3N2S. The van der Waals surface area contributed by atoms with Gasteiger partial charge in [-0.15, -0.1) is 11.3 Å². The summed E-state index contributed by atoms with van der Waals surface area (Å²) < 4.78 is 38.8. The molecule has 0 atom stereocenters. The number of alkyl halides is 3. The Bertz CT molecular complexity index is 1060.